The van der Waals surface area contributed by atoms with E-state index in [4.69, 9.17) is 11.6 Å². The summed E-state index contributed by atoms with van der Waals surface area (Å²) in [4.78, 5) is 41.1. The maximum Gasteiger partial charge on any atom is 0.294 e. The van der Waals surface area contributed by atoms with E-state index in [1.807, 2.05) is 42.7 Å². The van der Waals surface area contributed by atoms with Crippen LogP contribution in [0.15, 0.2) is 33.6 Å². The van der Waals surface area contributed by atoms with E-state index in [-0.39, 0.29) is 12.5 Å². The Kier molecular flexibility index (Phi) is 6.83. The Bertz CT molecular complexity index is 1140. The second-order valence-corrected chi connectivity index (χ2v) is 10.2. The molecule has 2 saturated heterocycles. The number of benzene rings is 1. The number of thioether (sulfide) groups is 1. The van der Waals surface area contributed by atoms with Gasteiger partial charge in [-0.3, -0.25) is 19.3 Å². The molecule has 1 aromatic heterocycles. The van der Waals surface area contributed by atoms with Gasteiger partial charge in [0.05, 0.1) is 9.93 Å². The predicted octanol–water partition coefficient (Wildman–Crippen LogP) is 5.56. The van der Waals surface area contributed by atoms with Crippen LogP contribution in [0.1, 0.15) is 36.2 Å². The molecule has 0 spiro atoms. The average Bonchev–Trinajstić information content (AvgIpc) is 3.20. The van der Waals surface area contributed by atoms with Crippen molar-refractivity contribution in [3.05, 3.63) is 55.6 Å². The molecule has 0 bridgehead atoms. The average molecular weight is 537 g/mol. The van der Waals surface area contributed by atoms with Crippen molar-refractivity contribution in [3.63, 3.8) is 0 Å². The van der Waals surface area contributed by atoms with Crippen molar-refractivity contribution in [3.8, 4) is 5.69 Å². The summed E-state index contributed by atoms with van der Waals surface area (Å²) in [5, 5.41) is 0.205. The van der Waals surface area contributed by atoms with E-state index in [1.54, 1.807) is 11.0 Å². The summed E-state index contributed by atoms with van der Waals surface area (Å²) < 4.78 is 2.87. The molecule has 0 atom stereocenters. The number of piperidine rings is 1. The molecule has 6 nitrogen and oxygen atoms in total. The summed E-state index contributed by atoms with van der Waals surface area (Å²) in [5.74, 6) is -0.583. The molecule has 2 aliphatic heterocycles. The zero-order chi connectivity index (χ0) is 23.0. The summed E-state index contributed by atoms with van der Waals surface area (Å²) in [6, 6.07) is 7.69. The fraction of sp³-hybridized carbons (Fsp3) is 0.348. The molecule has 4 rings (SSSR count). The largest absolute Gasteiger partial charge is 0.341 e. The van der Waals surface area contributed by atoms with Gasteiger partial charge in [0, 0.05) is 34.6 Å². The van der Waals surface area contributed by atoms with Crippen LogP contribution in [0.4, 0.5) is 4.79 Å². The second-order valence-electron chi connectivity index (χ2n) is 7.97. The van der Waals surface area contributed by atoms with E-state index < -0.39 is 11.1 Å². The summed E-state index contributed by atoms with van der Waals surface area (Å²) in [6.07, 6.45) is 4.77. The van der Waals surface area contributed by atoms with Crippen LogP contribution in [0.25, 0.3) is 11.8 Å². The van der Waals surface area contributed by atoms with Crippen molar-refractivity contribution >= 4 is 62.4 Å². The third kappa shape index (κ3) is 4.54. The van der Waals surface area contributed by atoms with Crippen LogP contribution in [-0.2, 0) is 9.59 Å². The summed E-state index contributed by atoms with van der Waals surface area (Å²) in [5.41, 5.74) is 3.66. The van der Waals surface area contributed by atoms with Crippen molar-refractivity contribution in [1.29, 1.82) is 0 Å². The number of carbonyl (C=O) groups excluding carboxylic acids is 3. The first-order valence-corrected chi connectivity index (χ1v) is 12.4. The highest BCUT2D eigenvalue weighted by Crippen LogP contribution is 2.34. The fourth-order valence-electron chi connectivity index (χ4n) is 4.11. The monoisotopic (exact) mass is 535 g/mol. The van der Waals surface area contributed by atoms with Gasteiger partial charge in [0.25, 0.3) is 11.1 Å². The Labute approximate surface area is 204 Å². The molecule has 2 aromatic rings. The highest BCUT2D eigenvalue weighted by molar-refractivity contribution is 9.10. The molecular formula is C23H23BrClN3O3S. The standard InChI is InChI=1S/C23H23BrClN3O3S/c1-14-10-16(15(2)28(14)17-6-7-18(24)19(25)12-17)11-20-22(30)27(23(31)32-20)13-21(29)26-8-4-3-5-9-26/h6-7,10-12H,3-5,8-9,13H2,1-2H3/b20-11-. The molecule has 3 amide bonds. The molecule has 9 heteroatoms. The number of halogens is 2. The van der Waals surface area contributed by atoms with Crippen molar-refractivity contribution in [1.82, 2.24) is 14.4 Å². The van der Waals surface area contributed by atoms with Gasteiger partial charge in [-0.15, -0.1) is 0 Å². The number of aromatic nitrogens is 1. The first kappa shape index (κ1) is 23.1. The lowest BCUT2D eigenvalue weighted by Crippen LogP contribution is -2.44. The molecule has 0 radical (unpaired) electrons. The number of imide groups is 1. The van der Waals surface area contributed by atoms with Crippen molar-refractivity contribution < 1.29 is 14.4 Å². The molecule has 0 N–H and O–H groups in total. The summed E-state index contributed by atoms with van der Waals surface area (Å²) in [6.45, 7) is 5.12. The molecule has 0 saturated carbocycles. The first-order chi connectivity index (χ1) is 15.3. The van der Waals surface area contributed by atoms with Gasteiger partial charge in [-0.25, -0.2) is 0 Å². The minimum atomic E-state index is -0.415. The minimum Gasteiger partial charge on any atom is -0.341 e. The lowest BCUT2D eigenvalue weighted by Gasteiger charge is -2.27. The van der Waals surface area contributed by atoms with Crippen LogP contribution < -0.4 is 0 Å². The Hall–Kier alpha value is -2.03. The Morgan fingerprint density at radius 3 is 2.56 bits per heavy atom. The van der Waals surface area contributed by atoms with E-state index in [2.05, 4.69) is 15.9 Å². The molecular weight excluding hydrogens is 514 g/mol. The van der Waals surface area contributed by atoms with Crippen LogP contribution in [0.5, 0.6) is 0 Å². The SMILES string of the molecule is Cc1cc(/C=C2\SC(=O)N(CC(=O)N3CCCCC3)C2=O)c(C)n1-c1ccc(Br)c(Cl)c1. The smallest absolute Gasteiger partial charge is 0.294 e. The van der Waals surface area contributed by atoms with Crippen molar-refractivity contribution in [2.45, 2.75) is 33.1 Å². The fourth-order valence-corrected chi connectivity index (χ4v) is 5.36. The minimum absolute atomic E-state index is 0.168. The number of rotatable bonds is 4. The van der Waals surface area contributed by atoms with Gasteiger partial charge >= 0.3 is 0 Å². The maximum absolute atomic E-state index is 12.9. The van der Waals surface area contributed by atoms with E-state index in [0.29, 0.717) is 23.0 Å². The van der Waals surface area contributed by atoms with Gasteiger partial charge in [0.1, 0.15) is 6.54 Å². The highest BCUT2D eigenvalue weighted by Gasteiger charge is 2.37. The Morgan fingerprint density at radius 1 is 1.16 bits per heavy atom. The van der Waals surface area contributed by atoms with Crippen LogP contribution in [0.3, 0.4) is 0 Å². The number of hydrogen-bond acceptors (Lipinski definition) is 4. The highest BCUT2D eigenvalue weighted by atomic mass is 79.9. The zero-order valence-electron chi connectivity index (χ0n) is 17.9. The second kappa shape index (κ2) is 9.45. The number of carbonyl (C=O) groups is 3. The van der Waals surface area contributed by atoms with Gasteiger partial charge in [0.15, 0.2) is 0 Å². The van der Waals surface area contributed by atoms with Crippen LogP contribution in [0.2, 0.25) is 5.02 Å². The van der Waals surface area contributed by atoms with E-state index >= 15 is 0 Å². The first-order valence-electron chi connectivity index (χ1n) is 10.4. The van der Waals surface area contributed by atoms with Crippen molar-refractivity contribution in [2.24, 2.45) is 0 Å². The molecule has 1 aromatic carbocycles. The van der Waals surface area contributed by atoms with Gasteiger partial charge < -0.3 is 9.47 Å². The van der Waals surface area contributed by atoms with Gasteiger partial charge in [-0.1, -0.05) is 11.6 Å². The molecule has 2 aliphatic rings. The number of amides is 3. The molecule has 3 heterocycles. The van der Waals surface area contributed by atoms with Crippen LogP contribution in [0, 0.1) is 13.8 Å². The molecule has 2 fully saturated rings. The number of nitrogens with zero attached hydrogens (tertiary/aromatic N) is 3. The van der Waals surface area contributed by atoms with Crippen LogP contribution >= 0.6 is 39.3 Å². The lowest BCUT2D eigenvalue weighted by atomic mass is 10.1. The van der Waals surface area contributed by atoms with E-state index in [0.717, 1.165) is 63.0 Å². The zero-order valence-corrected chi connectivity index (χ0v) is 21.0. The Morgan fingerprint density at radius 2 is 1.88 bits per heavy atom. The third-order valence-corrected chi connectivity index (χ3v) is 7.93. The summed E-state index contributed by atoms with van der Waals surface area (Å²) >= 11 is 10.6. The molecule has 32 heavy (non-hydrogen) atoms. The predicted molar refractivity (Wildman–Crippen MR) is 131 cm³/mol. The lowest BCUT2D eigenvalue weighted by molar-refractivity contribution is -0.136. The number of hydrogen-bond donors (Lipinski definition) is 0. The Balaban J connectivity index is 1.56. The topological polar surface area (TPSA) is 62.6 Å². The van der Waals surface area contributed by atoms with E-state index in [1.165, 1.54) is 0 Å². The van der Waals surface area contributed by atoms with Crippen molar-refractivity contribution in [2.75, 3.05) is 19.6 Å². The maximum atomic E-state index is 12.9. The van der Waals surface area contributed by atoms with Gasteiger partial charge in [-0.05, 0) is 96.7 Å². The van der Waals surface area contributed by atoms with Gasteiger partial charge in [0.2, 0.25) is 5.91 Å². The molecule has 0 aliphatic carbocycles. The van der Waals surface area contributed by atoms with Gasteiger partial charge in [-0.2, -0.15) is 0 Å². The summed E-state index contributed by atoms with van der Waals surface area (Å²) in [7, 11) is 0. The third-order valence-electron chi connectivity index (χ3n) is 5.79. The number of likely N-dealkylation sites (tertiary alicyclic amines) is 1. The normalized spacial score (nSPS) is 18.2. The van der Waals surface area contributed by atoms with Crippen LogP contribution in [-0.4, -0.2) is 51.1 Å². The van der Waals surface area contributed by atoms with E-state index in [9.17, 15) is 14.4 Å². The number of aryl methyl sites for hydroxylation is 1. The quantitative estimate of drug-likeness (QED) is 0.480. The molecule has 168 valence electrons. The molecule has 0 unspecified atom stereocenters.